The number of nitrogens with zero attached hydrogens (tertiary/aromatic N) is 2. The van der Waals surface area contributed by atoms with Crippen LogP contribution < -0.4 is 0 Å². The minimum Gasteiger partial charge on any atom is -0.343 e. The van der Waals surface area contributed by atoms with E-state index in [9.17, 15) is 4.79 Å². The highest BCUT2D eigenvalue weighted by molar-refractivity contribution is 5.78. The van der Waals surface area contributed by atoms with Crippen molar-refractivity contribution < 1.29 is 9.63 Å². The molecule has 0 heterocycles. The number of aliphatic imine (C=N–C) groups is 1. The van der Waals surface area contributed by atoms with Crippen molar-refractivity contribution in [2.45, 2.75) is 6.92 Å². The van der Waals surface area contributed by atoms with E-state index in [1.54, 1.807) is 21.0 Å². The van der Waals surface area contributed by atoms with Gasteiger partial charge in [-0.25, -0.2) is 0 Å². The lowest BCUT2D eigenvalue weighted by molar-refractivity contribution is -0.151. The van der Waals surface area contributed by atoms with Gasteiger partial charge in [-0.05, 0) is 6.92 Å². The van der Waals surface area contributed by atoms with Gasteiger partial charge in [0, 0.05) is 14.1 Å². The molecule has 9 heavy (non-hydrogen) atoms. The third-order valence-corrected chi connectivity index (χ3v) is 0.980. The van der Waals surface area contributed by atoms with Crippen molar-refractivity contribution in [1.29, 1.82) is 0 Å². The largest absolute Gasteiger partial charge is 0.343 e. The molecule has 0 aliphatic carbocycles. The molecule has 4 heteroatoms. The molecular formula is C5H10N2O2. The second-order valence-electron chi connectivity index (χ2n) is 1.47. The Balaban J connectivity index is 3.72. The van der Waals surface area contributed by atoms with Gasteiger partial charge in [-0.2, -0.15) is 5.06 Å². The minimum atomic E-state index is 0.356. The fourth-order valence-corrected chi connectivity index (χ4v) is 0.282. The van der Waals surface area contributed by atoms with Crippen LogP contribution in [0.25, 0.3) is 0 Å². The van der Waals surface area contributed by atoms with Gasteiger partial charge in [-0.3, -0.25) is 9.79 Å². The smallest absolute Gasteiger partial charge is 0.320 e. The average Bonchev–Trinajstić information content (AvgIpc) is 1.87. The second kappa shape index (κ2) is 3.88. The Hall–Kier alpha value is -1.06. The molecule has 0 saturated heterocycles. The van der Waals surface area contributed by atoms with Crippen LogP contribution in [0.15, 0.2) is 4.99 Å². The summed E-state index contributed by atoms with van der Waals surface area (Å²) in [5.41, 5.74) is 0. The first-order chi connectivity index (χ1) is 4.22. The van der Waals surface area contributed by atoms with Crippen LogP contribution in [0.1, 0.15) is 6.92 Å². The first-order valence-corrected chi connectivity index (χ1v) is 2.50. The molecule has 0 atom stereocenters. The zero-order chi connectivity index (χ0) is 7.28. The van der Waals surface area contributed by atoms with E-state index in [0.29, 0.717) is 12.3 Å². The van der Waals surface area contributed by atoms with Gasteiger partial charge in [-0.1, -0.05) is 0 Å². The number of amidine groups is 1. The zero-order valence-electron chi connectivity index (χ0n) is 5.79. The van der Waals surface area contributed by atoms with Gasteiger partial charge in [0.15, 0.2) is 0 Å². The Bertz CT molecular complexity index is 122. The summed E-state index contributed by atoms with van der Waals surface area (Å²) in [6.07, 6.45) is 0. The molecular weight excluding hydrogens is 120 g/mol. The van der Waals surface area contributed by atoms with Crippen molar-refractivity contribution in [2.75, 3.05) is 14.1 Å². The normalized spacial score (nSPS) is 10.8. The Morgan fingerprint density at radius 3 is 2.67 bits per heavy atom. The summed E-state index contributed by atoms with van der Waals surface area (Å²) in [7, 11) is 3.23. The van der Waals surface area contributed by atoms with E-state index in [1.165, 1.54) is 5.06 Å². The van der Waals surface area contributed by atoms with Crippen LogP contribution >= 0.6 is 0 Å². The van der Waals surface area contributed by atoms with E-state index in [0.717, 1.165) is 0 Å². The summed E-state index contributed by atoms with van der Waals surface area (Å²) in [5, 5.41) is 1.28. The van der Waals surface area contributed by atoms with Gasteiger partial charge in [0.1, 0.15) is 5.84 Å². The molecule has 4 nitrogen and oxygen atoms in total. The van der Waals surface area contributed by atoms with Crippen molar-refractivity contribution in [1.82, 2.24) is 5.06 Å². The van der Waals surface area contributed by atoms with Crippen molar-refractivity contribution in [3.8, 4) is 0 Å². The number of hydroxylamine groups is 2. The van der Waals surface area contributed by atoms with Gasteiger partial charge < -0.3 is 4.84 Å². The fraction of sp³-hybridized carbons (Fsp3) is 0.600. The van der Waals surface area contributed by atoms with Crippen LogP contribution in [0, 0.1) is 0 Å². The minimum absolute atomic E-state index is 0.356. The van der Waals surface area contributed by atoms with Crippen molar-refractivity contribution >= 4 is 12.3 Å². The van der Waals surface area contributed by atoms with Gasteiger partial charge in [0.2, 0.25) is 0 Å². The van der Waals surface area contributed by atoms with Crippen molar-refractivity contribution in [2.24, 2.45) is 4.99 Å². The average molecular weight is 130 g/mol. The number of hydrogen-bond acceptors (Lipinski definition) is 3. The number of carbonyl (C=O) groups is 1. The highest BCUT2D eigenvalue weighted by Gasteiger charge is 1.95. The highest BCUT2D eigenvalue weighted by Crippen LogP contribution is 1.84. The Morgan fingerprint density at radius 2 is 2.33 bits per heavy atom. The third-order valence-electron chi connectivity index (χ3n) is 0.980. The van der Waals surface area contributed by atoms with Crippen molar-refractivity contribution in [3.05, 3.63) is 0 Å². The van der Waals surface area contributed by atoms with Crippen LogP contribution in [0.2, 0.25) is 0 Å². The van der Waals surface area contributed by atoms with Crippen LogP contribution in [0.3, 0.4) is 0 Å². The van der Waals surface area contributed by atoms with Gasteiger partial charge in [0.25, 0.3) is 0 Å². The third kappa shape index (κ3) is 2.69. The lowest BCUT2D eigenvalue weighted by atomic mass is 10.7. The zero-order valence-corrected chi connectivity index (χ0v) is 5.79. The molecule has 0 spiro atoms. The van der Waals surface area contributed by atoms with Crippen LogP contribution in [-0.4, -0.2) is 31.5 Å². The Morgan fingerprint density at radius 1 is 1.78 bits per heavy atom. The topological polar surface area (TPSA) is 41.9 Å². The summed E-state index contributed by atoms with van der Waals surface area (Å²) in [4.78, 5) is 17.9. The number of carbonyl (C=O) groups excluding carboxylic acids is 1. The maximum atomic E-state index is 9.72. The molecule has 0 saturated carbocycles. The lowest BCUT2D eigenvalue weighted by Gasteiger charge is -2.12. The number of hydrogen-bond donors (Lipinski definition) is 0. The SMILES string of the molecule is CN=C(C)N(C)OC=O. The molecule has 0 radical (unpaired) electrons. The quantitative estimate of drug-likeness (QED) is 0.229. The first-order valence-electron chi connectivity index (χ1n) is 2.50. The van der Waals surface area contributed by atoms with Gasteiger partial charge in [0.05, 0.1) is 0 Å². The molecule has 0 fully saturated rings. The monoisotopic (exact) mass is 130 g/mol. The van der Waals surface area contributed by atoms with E-state index in [4.69, 9.17) is 0 Å². The summed E-state index contributed by atoms with van der Waals surface area (Å²) >= 11 is 0. The van der Waals surface area contributed by atoms with Gasteiger partial charge >= 0.3 is 6.47 Å². The maximum absolute atomic E-state index is 9.72. The Kier molecular flexibility index (Phi) is 3.43. The van der Waals surface area contributed by atoms with Crippen molar-refractivity contribution in [3.63, 3.8) is 0 Å². The molecule has 0 aromatic heterocycles. The standard InChI is InChI=1S/C5H10N2O2/c1-5(6-2)7(3)9-4-8/h4H,1-3H3. The van der Waals surface area contributed by atoms with E-state index in [-0.39, 0.29) is 0 Å². The van der Waals surface area contributed by atoms with E-state index in [2.05, 4.69) is 9.83 Å². The Labute approximate surface area is 54.1 Å². The van der Waals surface area contributed by atoms with E-state index >= 15 is 0 Å². The summed E-state index contributed by atoms with van der Waals surface area (Å²) in [6.45, 7) is 2.10. The van der Waals surface area contributed by atoms with E-state index < -0.39 is 0 Å². The van der Waals surface area contributed by atoms with Crippen LogP contribution in [-0.2, 0) is 9.63 Å². The summed E-state index contributed by atoms with van der Waals surface area (Å²) in [6, 6.07) is 0. The lowest BCUT2D eigenvalue weighted by Crippen LogP contribution is -2.23. The predicted octanol–water partition coefficient (Wildman–Crippen LogP) is 0.0544. The molecule has 0 unspecified atom stereocenters. The van der Waals surface area contributed by atoms with Crippen LogP contribution in [0.4, 0.5) is 0 Å². The summed E-state index contributed by atoms with van der Waals surface area (Å²) in [5.74, 6) is 0.655. The molecule has 0 aliphatic heterocycles. The molecule has 0 bridgehead atoms. The predicted molar refractivity (Wildman–Crippen MR) is 33.9 cm³/mol. The summed E-state index contributed by atoms with van der Waals surface area (Å²) < 4.78 is 0. The molecule has 52 valence electrons. The fourth-order valence-electron chi connectivity index (χ4n) is 0.282. The van der Waals surface area contributed by atoms with Crippen LogP contribution in [0.5, 0.6) is 0 Å². The maximum Gasteiger partial charge on any atom is 0.320 e. The molecule has 0 aromatic carbocycles. The second-order valence-corrected chi connectivity index (χ2v) is 1.47. The van der Waals surface area contributed by atoms with E-state index in [1.807, 2.05) is 0 Å². The highest BCUT2D eigenvalue weighted by atomic mass is 16.7. The molecule has 0 amide bonds. The molecule has 0 aromatic rings. The number of rotatable bonds is 2. The van der Waals surface area contributed by atoms with Gasteiger partial charge in [-0.15, -0.1) is 0 Å². The molecule has 0 rings (SSSR count). The first kappa shape index (κ1) is 7.94. The molecule has 0 N–H and O–H groups in total. The molecule has 0 aliphatic rings.